The molecule has 1 amide bonds. The quantitative estimate of drug-likeness (QED) is 0.827. The van der Waals surface area contributed by atoms with E-state index in [1.165, 1.54) is 11.3 Å². The molecular weight excluding hydrogens is 389 g/mol. The molecule has 132 valence electrons. The van der Waals surface area contributed by atoms with Crippen LogP contribution in [-0.2, 0) is 0 Å². The monoisotopic (exact) mass is 407 g/mol. The van der Waals surface area contributed by atoms with Crippen molar-refractivity contribution in [3.63, 3.8) is 0 Å². The number of aromatic nitrogens is 1. The van der Waals surface area contributed by atoms with Gasteiger partial charge in [-0.05, 0) is 32.0 Å². The Hall–Kier alpha value is -0.850. The van der Waals surface area contributed by atoms with Crippen LogP contribution >= 0.6 is 47.8 Å². The Morgan fingerprint density at radius 2 is 2.25 bits per heavy atom. The van der Waals surface area contributed by atoms with E-state index in [9.17, 15) is 4.79 Å². The van der Waals surface area contributed by atoms with Crippen molar-refractivity contribution in [2.75, 3.05) is 20.1 Å². The lowest BCUT2D eigenvalue weighted by Gasteiger charge is -2.23. The summed E-state index contributed by atoms with van der Waals surface area (Å²) in [5.74, 6) is 0.0299. The summed E-state index contributed by atoms with van der Waals surface area (Å²) in [6.07, 6.45) is 2.11. The molecule has 1 aliphatic rings. The number of carbonyl (C=O) groups excluding carboxylic acids is 1. The van der Waals surface area contributed by atoms with Crippen LogP contribution in [0.3, 0.4) is 0 Å². The van der Waals surface area contributed by atoms with Crippen molar-refractivity contribution < 1.29 is 4.79 Å². The van der Waals surface area contributed by atoms with E-state index in [4.69, 9.17) is 11.6 Å². The predicted molar refractivity (Wildman–Crippen MR) is 105 cm³/mol. The van der Waals surface area contributed by atoms with Gasteiger partial charge in [-0.2, -0.15) is 0 Å². The highest BCUT2D eigenvalue weighted by atomic mass is 35.5. The zero-order valence-corrected chi connectivity index (χ0v) is 16.4. The smallest absolute Gasteiger partial charge is 0.273 e. The van der Waals surface area contributed by atoms with Crippen molar-refractivity contribution >= 4 is 53.7 Å². The lowest BCUT2D eigenvalue weighted by Crippen LogP contribution is -2.40. The molecule has 1 fully saturated rings. The number of halogens is 3. The summed E-state index contributed by atoms with van der Waals surface area (Å²) in [4.78, 5) is 19.1. The number of likely N-dealkylation sites (N-methyl/N-ethyl adjacent to an activating group) is 1. The highest BCUT2D eigenvalue weighted by Crippen LogP contribution is 2.27. The molecule has 24 heavy (non-hydrogen) atoms. The summed E-state index contributed by atoms with van der Waals surface area (Å²) in [5, 5.41) is 6.50. The Bertz CT molecular complexity index is 680. The maximum Gasteiger partial charge on any atom is 0.273 e. The third-order valence-electron chi connectivity index (χ3n) is 3.87. The van der Waals surface area contributed by atoms with E-state index >= 15 is 0 Å². The van der Waals surface area contributed by atoms with E-state index in [1.807, 2.05) is 41.6 Å². The fourth-order valence-electron chi connectivity index (χ4n) is 2.82. The van der Waals surface area contributed by atoms with Gasteiger partial charge in [0, 0.05) is 35.1 Å². The van der Waals surface area contributed by atoms with Gasteiger partial charge >= 0.3 is 0 Å². The first kappa shape index (κ1) is 21.2. The van der Waals surface area contributed by atoms with Crippen LogP contribution in [0.25, 0.3) is 10.6 Å². The first-order chi connectivity index (χ1) is 10.7. The fraction of sp³-hybridized carbons (Fsp3) is 0.375. The van der Waals surface area contributed by atoms with Crippen molar-refractivity contribution in [3.8, 4) is 10.6 Å². The second-order valence-corrected chi connectivity index (χ2v) is 6.70. The van der Waals surface area contributed by atoms with Gasteiger partial charge < -0.3 is 10.2 Å². The number of hydrogen-bond acceptors (Lipinski definition) is 4. The first-order valence-electron chi connectivity index (χ1n) is 7.36. The van der Waals surface area contributed by atoms with Gasteiger partial charge in [-0.3, -0.25) is 4.79 Å². The van der Waals surface area contributed by atoms with Crippen molar-refractivity contribution in [1.82, 2.24) is 15.2 Å². The number of likely N-dealkylation sites (tertiary alicyclic amines) is 1. The van der Waals surface area contributed by atoms with Crippen LogP contribution in [0.5, 0.6) is 0 Å². The van der Waals surface area contributed by atoms with Crippen molar-refractivity contribution in [1.29, 1.82) is 0 Å². The molecule has 1 N–H and O–H groups in total. The standard InChI is InChI=1S/C16H18ClN3OS.2ClH/c1-18-9-13-6-3-7-20(13)16(21)14-10-22-15(19-14)11-4-2-5-12(17)8-11;;/h2,4-5,8,10,13,18H,3,6-7,9H2,1H3;2*1H. The normalized spacial score (nSPS) is 16.4. The summed E-state index contributed by atoms with van der Waals surface area (Å²) in [7, 11) is 1.92. The van der Waals surface area contributed by atoms with E-state index in [-0.39, 0.29) is 36.8 Å². The van der Waals surface area contributed by atoms with Gasteiger partial charge in [0.25, 0.3) is 5.91 Å². The van der Waals surface area contributed by atoms with Crippen LogP contribution in [0.1, 0.15) is 23.3 Å². The molecule has 1 aromatic heterocycles. The molecule has 1 unspecified atom stereocenters. The van der Waals surface area contributed by atoms with E-state index in [0.717, 1.165) is 36.5 Å². The second kappa shape index (κ2) is 9.59. The highest BCUT2D eigenvalue weighted by Gasteiger charge is 2.30. The molecule has 2 heterocycles. The van der Waals surface area contributed by atoms with Crippen molar-refractivity contribution in [2.24, 2.45) is 0 Å². The number of rotatable bonds is 4. The van der Waals surface area contributed by atoms with Crippen molar-refractivity contribution in [3.05, 3.63) is 40.4 Å². The van der Waals surface area contributed by atoms with Crippen LogP contribution in [0.2, 0.25) is 5.02 Å². The fourth-order valence-corrected chi connectivity index (χ4v) is 3.81. The van der Waals surface area contributed by atoms with Crippen LogP contribution < -0.4 is 5.32 Å². The SMILES string of the molecule is CNCC1CCCN1C(=O)c1csc(-c2cccc(Cl)c2)n1.Cl.Cl. The largest absolute Gasteiger partial charge is 0.333 e. The average Bonchev–Trinajstić information content (AvgIpc) is 3.16. The third kappa shape index (κ3) is 4.61. The minimum atomic E-state index is 0. The Balaban J connectivity index is 0.00000144. The number of thiazole rings is 1. The highest BCUT2D eigenvalue weighted by molar-refractivity contribution is 7.13. The lowest BCUT2D eigenvalue weighted by atomic mass is 10.2. The van der Waals surface area contributed by atoms with Crippen LogP contribution in [-0.4, -0.2) is 42.0 Å². The Labute approximate surface area is 163 Å². The molecule has 1 atom stereocenters. The average molecular weight is 409 g/mol. The first-order valence-corrected chi connectivity index (χ1v) is 8.62. The predicted octanol–water partition coefficient (Wildman–Crippen LogP) is 4.13. The molecule has 1 aromatic carbocycles. The number of benzene rings is 1. The third-order valence-corrected chi connectivity index (χ3v) is 5.00. The number of carbonyl (C=O) groups is 1. The van der Waals surface area contributed by atoms with Crippen molar-refractivity contribution in [2.45, 2.75) is 18.9 Å². The number of nitrogens with zero attached hydrogens (tertiary/aromatic N) is 2. The molecule has 4 nitrogen and oxygen atoms in total. The maximum atomic E-state index is 12.7. The minimum absolute atomic E-state index is 0. The summed E-state index contributed by atoms with van der Waals surface area (Å²) in [5.41, 5.74) is 1.48. The van der Waals surface area contributed by atoms with Gasteiger partial charge in [-0.25, -0.2) is 4.98 Å². The van der Waals surface area contributed by atoms with E-state index in [2.05, 4.69) is 10.3 Å². The molecule has 0 aliphatic carbocycles. The summed E-state index contributed by atoms with van der Waals surface area (Å²) in [6, 6.07) is 7.82. The molecule has 1 saturated heterocycles. The lowest BCUT2D eigenvalue weighted by molar-refractivity contribution is 0.0732. The topological polar surface area (TPSA) is 45.2 Å². The van der Waals surface area contributed by atoms with E-state index in [1.54, 1.807) is 0 Å². The molecule has 0 bridgehead atoms. The van der Waals surface area contributed by atoms with Gasteiger partial charge in [0.15, 0.2) is 0 Å². The summed E-state index contributed by atoms with van der Waals surface area (Å²) in [6.45, 7) is 1.65. The van der Waals surface area contributed by atoms with Gasteiger partial charge in [-0.1, -0.05) is 23.7 Å². The van der Waals surface area contributed by atoms with E-state index < -0.39 is 0 Å². The Morgan fingerprint density at radius 3 is 2.96 bits per heavy atom. The molecule has 1 aliphatic heterocycles. The number of amides is 1. The zero-order valence-electron chi connectivity index (χ0n) is 13.2. The van der Waals surface area contributed by atoms with Crippen LogP contribution in [0, 0.1) is 0 Å². The van der Waals surface area contributed by atoms with Gasteiger partial charge in [0.1, 0.15) is 10.7 Å². The van der Waals surface area contributed by atoms with E-state index in [0.29, 0.717) is 10.7 Å². The van der Waals surface area contributed by atoms with Gasteiger partial charge in [0.2, 0.25) is 0 Å². The molecule has 3 rings (SSSR count). The second-order valence-electron chi connectivity index (χ2n) is 5.40. The van der Waals surface area contributed by atoms with Crippen LogP contribution in [0.4, 0.5) is 0 Å². The number of nitrogens with one attached hydrogen (secondary N) is 1. The van der Waals surface area contributed by atoms with Crippen LogP contribution in [0.15, 0.2) is 29.6 Å². The van der Waals surface area contributed by atoms with Gasteiger partial charge in [-0.15, -0.1) is 36.2 Å². The zero-order chi connectivity index (χ0) is 15.5. The molecule has 2 aromatic rings. The Morgan fingerprint density at radius 1 is 1.46 bits per heavy atom. The molecule has 0 spiro atoms. The maximum absolute atomic E-state index is 12.7. The molecule has 0 radical (unpaired) electrons. The molecule has 8 heteroatoms. The Kier molecular flexibility index (Phi) is 8.46. The number of hydrogen-bond donors (Lipinski definition) is 1. The van der Waals surface area contributed by atoms with Gasteiger partial charge in [0.05, 0.1) is 0 Å². The molecular formula is C16H20Cl3N3OS. The molecule has 0 saturated carbocycles. The minimum Gasteiger partial charge on any atom is -0.333 e. The summed E-state index contributed by atoms with van der Waals surface area (Å²) >= 11 is 7.50. The summed E-state index contributed by atoms with van der Waals surface area (Å²) < 4.78 is 0.